The van der Waals surface area contributed by atoms with Gasteiger partial charge in [0.15, 0.2) is 11.6 Å². The summed E-state index contributed by atoms with van der Waals surface area (Å²) in [5.41, 5.74) is 4.68. The smallest absolute Gasteiger partial charge is 0.404 e. The van der Waals surface area contributed by atoms with Gasteiger partial charge in [-0.3, -0.25) is 19.1 Å². The molecule has 3 heterocycles. The van der Waals surface area contributed by atoms with Crippen LogP contribution < -0.4 is 30.0 Å². The molecular weight excluding hydrogens is 906 g/mol. The number of benzene rings is 2. The first-order valence-electron chi connectivity index (χ1n) is 24.7. The Morgan fingerprint density at radius 1 is 0.986 bits per heavy atom. The second kappa shape index (κ2) is 20.9. The molecule has 0 radical (unpaired) electrons. The van der Waals surface area contributed by atoms with Gasteiger partial charge in [0, 0.05) is 34.0 Å². The number of rotatable bonds is 10. The van der Waals surface area contributed by atoms with E-state index in [0.29, 0.717) is 41.0 Å². The van der Waals surface area contributed by atoms with E-state index >= 15 is 4.39 Å². The molecule has 15 nitrogen and oxygen atoms in total. The summed E-state index contributed by atoms with van der Waals surface area (Å²) < 4.78 is 65.3. The van der Waals surface area contributed by atoms with Crippen LogP contribution in [0.25, 0.3) is 22.0 Å². The third kappa shape index (κ3) is 11.9. The van der Waals surface area contributed by atoms with Crippen LogP contribution in [0.1, 0.15) is 123 Å². The van der Waals surface area contributed by atoms with Gasteiger partial charge in [-0.25, -0.2) is 22.6 Å². The van der Waals surface area contributed by atoms with Crippen LogP contribution >= 0.6 is 0 Å². The lowest BCUT2D eigenvalue weighted by atomic mass is 9.91. The molecule has 5 fully saturated rings. The third-order valence-corrected chi connectivity index (χ3v) is 16.5. The minimum absolute atomic E-state index is 0. The van der Waals surface area contributed by atoms with Gasteiger partial charge in [-0.15, -0.1) is 0 Å². The summed E-state index contributed by atoms with van der Waals surface area (Å²) in [6, 6.07) is 11.1. The average Bonchev–Trinajstić information content (AvgIpc) is 4.25. The van der Waals surface area contributed by atoms with Crippen molar-refractivity contribution in [1.82, 2.24) is 19.9 Å². The SMILES string of the molecule is CC.COc1cc2cc(-c3ccc(OC(C)C)cc3)nc(O[C@@H]3C[C@H]4C(=O)N[C@]5(C(=O)NS(=O)(=O)C6(C)CC6)C[C@H]5/C=C\CC[C@@H](C)C[C@@H](C)CC(=O)N4C3)c2cc1F.NC(=O)OC1CC2CC2C1.[HH].[HH].[HH]. The van der Waals surface area contributed by atoms with E-state index < -0.39 is 62.1 Å². The molecule has 4 N–H and O–H groups in total. The number of pyridine rings is 1. The van der Waals surface area contributed by atoms with E-state index in [2.05, 4.69) is 17.0 Å². The molecule has 8 atom stereocenters. The highest BCUT2D eigenvalue weighted by Gasteiger charge is 2.63. The number of hydrogen-bond acceptors (Lipinski definition) is 11. The average molecular weight is 982 g/mol. The fourth-order valence-corrected chi connectivity index (χ4v) is 11.4. The van der Waals surface area contributed by atoms with Crippen LogP contribution in [0, 0.1) is 35.4 Å². The minimum Gasteiger partial charge on any atom is -0.494 e. The third-order valence-electron chi connectivity index (χ3n) is 14.4. The molecule has 6 aliphatic rings. The van der Waals surface area contributed by atoms with E-state index in [9.17, 15) is 27.6 Å². The maximum atomic E-state index is 15.2. The zero-order valence-corrected chi connectivity index (χ0v) is 42.0. The summed E-state index contributed by atoms with van der Waals surface area (Å²) in [4.78, 5) is 59.0. The topological polar surface area (TPSA) is 206 Å². The van der Waals surface area contributed by atoms with Crippen LogP contribution in [0.2, 0.25) is 0 Å². The van der Waals surface area contributed by atoms with E-state index in [1.54, 1.807) is 13.0 Å². The number of nitrogens with two attached hydrogens (primary N) is 1. The zero-order valence-electron chi connectivity index (χ0n) is 41.2. The molecule has 4 amide bonds. The zero-order chi connectivity index (χ0) is 50.0. The predicted octanol–water partition coefficient (Wildman–Crippen LogP) is 9.11. The van der Waals surface area contributed by atoms with Gasteiger partial charge in [0.2, 0.25) is 27.7 Å². The molecule has 2 unspecified atom stereocenters. The summed E-state index contributed by atoms with van der Waals surface area (Å²) in [7, 11) is -2.59. The second-order valence-electron chi connectivity index (χ2n) is 20.3. The predicted molar refractivity (Wildman–Crippen MR) is 267 cm³/mol. The van der Waals surface area contributed by atoms with Gasteiger partial charge in [0.25, 0.3) is 5.91 Å². The number of sulfonamides is 1. The van der Waals surface area contributed by atoms with E-state index in [1.807, 2.05) is 77.1 Å². The standard InChI is InChI=1S/C43H53FN4O8S.C7H11NO2.C2H6.3H2/c1-25(2)55-31-13-11-28(12-14-31)35-19-29-20-37(54-6)34(44)22-33(29)40(45-35)56-32-21-36-39(50)46-43(41(51)47-57(52,53)42(5)15-16-42)23-30(43)10-8-7-9-26(3)17-27(4)18-38(49)48(36)24-32;8-7(9)10-6-2-4-1-5(4)3-6;1-2;;;/h8,10-14,19-20,22,25-27,30,32,36H,7,9,15-18,21,23-24H2,1-6H3,(H,46,50)(H,47,51);4-6H,1-3H2,(H2,8,9);1-2H3;3*1H/b10-8-;;;;;/t26-,27-,30-,32-,36+,43-;;;;;/m1...../s1. The van der Waals surface area contributed by atoms with Crippen molar-refractivity contribution < 1.29 is 55.2 Å². The van der Waals surface area contributed by atoms with Gasteiger partial charge in [0.1, 0.15) is 29.5 Å². The molecule has 1 aromatic heterocycles. The van der Waals surface area contributed by atoms with E-state index in [0.717, 1.165) is 49.5 Å². The Kier molecular flexibility index (Phi) is 15.5. The highest BCUT2D eigenvalue weighted by molar-refractivity contribution is 7.91. The molecule has 9 rings (SSSR count). The number of primary amides is 1. The molecule has 4 saturated carbocycles. The van der Waals surface area contributed by atoms with Crippen molar-refractivity contribution in [1.29, 1.82) is 0 Å². The van der Waals surface area contributed by atoms with Crippen molar-refractivity contribution in [3.8, 4) is 28.6 Å². The fraction of sp³-hybridized carbons (Fsp3) is 0.596. The van der Waals surface area contributed by atoms with Gasteiger partial charge in [-0.1, -0.05) is 39.8 Å². The molecule has 69 heavy (non-hydrogen) atoms. The number of aromatic nitrogens is 1. The summed E-state index contributed by atoms with van der Waals surface area (Å²) in [6.45, 7) is 13.7. The van der Waals surface area contributed by atoms with Crippen LogP contribution in [0.3, 0.4) is 0 Å². The maximum Gasteiger partial charge on any atom is 0.404 e. The number of fused-ring (bicyclic) bond motifs is 4. The molecule has 1 saturated heterocycles. The van der Waals surface area contributed by atoms with Crippen molar-refractivity contribution in [3.63, 3.8) is 0 Å². The molecule has 0 bridgehead atoms. The van der Waals surface area contributed by atoms with Crippen molar-refractivity contribution in [3.05, 3.63) is 60.4 Å². The first-order valence-corrected chi connectivity index (χ1v) is 26.2. The highest BCUT2D eigenvalue weighted by Crippen LogP contribution is 2.52. The molecule has 382 valence electrons. The number of ether oxygens (including phenoxy) is 4. The Morgan fingerprint density at radius 2 is 1.68 bits per heavy atom. The van der Waals surface area contributed by atoms with Crippen molar-refractivity contribution in [2.24, 2.45) is 35.3 Å². The number of amides is 4. The Balaban J connectivity index is 0.000000659. The highest BCUT2D eigenvalue weighted by atomic mass is 32.2. The van der Waals surface area contributed by atoms with Crippen molar-refractivity contribution in [2.75, 3.05) is 13.7 Å². The number of methoxy groups -OCH3 is 1. The number of hydrogen-bond donors (Lipinski definition) is 3. The normalized spacial score (nSPS) is 29.4. The number of carbonyl (C=O) groups is 4. The van der Waals surface area contributed by atoms with Crippen LogP contribution in [0.4, 0.5) is 9.18 Å². The lowest BCUT2D eigenvalue weighted by Gasteiger charge is -2.28. The number of carbonyl (C=O) groups excluding carboxylic acids is 4. The Morgan fingerprint density at radius 3 is 2.32 bits per heavy atom. The molecule has 17 heteroatoms. The van der Waals surface area contributed by atoms with Crippen LogP contribution in [0.5, 0.6) is 17.4 Å². The fourth-order valence-electron chi connectivity index (χ4n) is 10.1. The second-order valence-corrected chi connectivity index (χ2v) is 22.5. The Bertz CT molecular complexity index is 2540. The number of halogens is 1. The number of nitrogens with zero attached hydrogens (tertiary/aromatic N) is 2. The Hall–Kier alpha value is -5.45. The first-order chi connectivity index (χ1) is 32.8. The molecule has 2 aromatic carbocycles. The van der Waals surface area contributed by atoms with Gasteiger partial charge in [-0.05, 0) is 150 Å². The summed E-state index contributed by atoms with van der Waals surface area (Å²) in [6.07, 6.45) is 9.97. The number of allylic oxidation sites excluding steroid dienone is 1. The lowest BCUT2D eigenvalue weighted by Crippen LogP contribution is -2.57. The summed E-state index contributed by atoms with van der Waals surface area (Å²) in [5.74, 6) is 0.343. The largest absolute Gasteiger partial charge is 0.494 e. The molecular formula is C52H76FN5O10S. The monoisotopic (exact) mass is 982 g/mol. The first kappa shape index (κ1) is 51.4. The molecule has 3 aromatic rings. The summed E-state index contributed by atoms with van der Waals surface area (Å²) in [5, 5.41) is 3.91. The lowest BCUT2D eigenvalue weighted by molar-refractivity contribution is -0.140. The van der Waals surface area contributed by atoms with Gasteiger partial charge < -0.3 is 34.9 Å². The van der Waals surface area contributed by atoms with E-state index in [4.69, 9.17) is 29.7 Å². The van der Waals surface area contributed by atoms with Gasteiger partial charge in [0.05, 0.1) is 30.2 Å². The van der Waals surface area contributed by atoms with Crippen LogP contribution in [0.15, 0.2) is 54.6 Å². The van der Waals surface area contributed by atoms with Gasteiger partial charge in [-0.2, -0.15) is 0 Å². The van der Waals surface area contributed by atoms with Crippen LogP contribution in [-0.2, 0) is 29.1 Å². The Labute approximate surface area is 410 Å². The number of nitrogens with one attached hydrogen (secondary N) is 2. The summed E-state index contributed by atoms with van der Waals surface area (Å²) >= 11 is 0. The van der Waals surface area contributed by atoms with Crippen molar-refractivity contribution >= 4 is 44.6 Å². The van der Waals surface area contributed by atoms with Crippen molar-refractivity contribution in [2.45, 2.75) is 154 Å². The quantitative estimate of drug-likeness (QED) is 0.163. The minimum atomic E-state index is -3.98. The molecule has 2 aliphatic heterocycles. The van der Waals surface area contributed by atoms with Crippen LogP contribution in [-0.4, -0.2) is 90.4 Å². The maximum absolute atomic E-state index is 15.2. The van der Waals surface area contributed by atoms with E-state index in [1.165, 1.54) is 24.5 Å². The van der Waals surface area contributed by atoms with Gasteiger partial charge >= 0.3 is 6.09 Å². The molecule has 4 aliphatic carbocycles. The molecule has 0 spiro atoms. The van der Waals surface area contributed by atoms with E-state index in [-0.39, 0.29) is 65.7 Å².